The SMILES string of the molecule is COC(=O)C/C=C/NC(=O)c1cc2c([nH]c1=O)CCCC2. The minimum absolute atomic E-state index is 0.0668. The van der Waals surface area contributed by atoms with Crippen LogP contribution >= 0.6 is 0 Å². The zero-order valence-electron chi connectivity index (χ0n) is 11.9. The van der Waals surface area contributed by atoms with E-state index in [0.29, 0.717) is 0 Å². The largest absolute Gasteiger partial charge is 0.469 e. The summed E-state index contributed by atoms with van der Waals surface area (Å²) >= 11 is 0. The normalized spacial score (nSPS) is 13.8. The van der Waals surface area contributed by atoms with Gasteiger partial charge in [-0.25, -0.2) is 0 Å². The predicted octanol–water partition coefficient (Wildman–Crippen LogP) is 1.06. The fourth-order valence-electron chi connectivity index (χ4n) is 2.29. The van der Waals surface area contributed by atoms with Gasteiger partial charge in [0.25, 0.3) is 11.5 Å². The second-order valence-corrected chi connectivity index (χ2v) is 4.88. The van der Waals surface area contributed by atoms with E-state index in [1.54, 1.807) is 6.07 Å². The van der Waals surface area contributed by atoms with Crippen molar-refractivity contribution in [2.75, 3.05) is 7.11 Å². The van der Waals surface area contributed by atoms with Crippen molar-refractivity contribution in [2.24, 2.45) is 0 Å². The topological polar surface area (TPSA) is 88.3 Å². The van der Waals surface area contributed by atoms with Gasteiger partial charge in [0.15, 0.2) is 0 Å². The van der Waals surface area contributed by atoms with Gasteiger partial charge in [-0.1, -0.05) is 6.08 Å². The number of carbonyl (C=O) groups excluding carboxylic acids is 2. The smallest absolute Gasteiger partial charge is 0.309 e. The number of carbonyl (C=O) groups is 2. The molecule has 6 nitrogen and oxygen atoms in total. The third-order valence-corrected chi connectivity index (χ3v) is 3.43. The molecule has 0 saturated carbocycles. The van der Waals surface area contributed by atoms with Gasteiger partial charge in [-0.15, -0.1) is 0 Å². The van der Waals surface area contributed by atoms with Crippen LogP contribution in [0, 0.1) is 0 Å². The molecule has 0 fully saturated rings. The van der Waals surface area contributed by atoms with Crippen LogP contribution in [0.4, 0.5) is 0 Å². The summed E-state index contributed by atoms with van der Waals surface area (Å²) in [5.74, 6) is -0.877. The molecule has 0 radical (unpaired) electrons. The van der Waals surface area contributed by atoms with Gasteiger partial charge in [-0.05, 0) is 37.3 Å². The number of pyridine rings is 1. The number of esters is 1. The first-order valence-corrected chi connectivity index (χ1v) is 6.89. The first-order chi connectivity index (χ1) is 10.1. The van der Waals surface area contributed by atoms with E-state index in [4.69, 9.17) is 0 Å². The lowest BCUT2D eigenvalue weighted by Crippen LogP contribution is -2.28. The number of hydrogen-bond donors (Lipinski definition) is 2. The van der Waals surface area contributed by atoms with Gasteiger partial charge in [0.2, 0.25) is 0 Å². The van der Waals surface area contributed by atoms with Gasteiger partial charge in [-0.2, -0.15) is 0 Å². The molecule has 112 valence electrons. The van der Waals surface area contributed by atoms with E-state index in [2.05, 4.69) is 15.0 Å². The van der Waals surface area contributed by atoms with E-state index < -0.39 is 11.9 Å². The quantitative estimate of drug-likeness (QED) is 0.812. The predicted molar refractivity (Wildman–Crippen MR) is 76.9 cm³/mol. The average molecular weight is 290 g/mol. The summed E-state index contributed by atoms with van der Waals surface area (Å²) in [6, 6.07) is 1.66. The van der Waals surface area contributed by atoms with E-state index in [1.165, 1.54) is 19.4 Å². The van der Waals surface area contributed by atoms with Gasteiger partial charge in [0.05, 0.1) is 13.5 Å². The Bertz CT molecular complexity index is 631. The summed E-state index contributed by atoms with van der Waals surface area (Å²) in [5.41, 5.74) is 1.68. The maximum Gasteiger partial charge on any atom is 0.309 e. The minimum atomic E-state index is -0.481. The molecule has 1 heterocycles. The second kappa shape index (κ2) is 6.88. The Morgan fingerprint density at radius 1 is 1.38 bits per heavy atom. The van der Waals surface area contributed by atoms with Crippen LogP contribution in [0.15, 0.2) is 23.1 Å². The maximum absolute atomic E-state index is 12.0. The van der Waals surface area contributed by atoms with E-state index in [-0.39, 0.29) is 17.5 Å². The number of aryl methyl sites for hydroxylation is 2. The van der Waals surface area contributed by atoms with Crippen molar-refractivity contribution in [3.63, 3.8) is 0 Å². The van der Waals surface area contributed by atoms with Crippen LogP contribution in [0.5, 0.6) is 0 Å². The van der Waals surface area contributed by atoms with Gasteiger partial charge in [-0.3, -0.25) is 14.4 Å². The number of rotatable bonds is 4. The van der Waals surface area contributed by atoms with E-state index in [9.17, 15) is 14.4 Å². The van der Waals surface area contributed by atoms with Crippen molar-refractivity contribution in [1.29, 1.82) is 0 Å². The average Bonchev–Trinajstić information content (AvgIpc) is 2.50. The summed E-state index contributed by atoms with van der Waals surface area (Å²) in [6.45, 7) is 0. The van der Waals surface area contributed by atoms with E-state index in [1.807, 2.05) is 0 Å². The zero-order chi connectivity index (χ0) is 15.2. The molecule has 1 amide bonds. The highest BCUT2D eigenvalue weighted by atomic mass is 16.5. The lowest BCUT2D eigenvalue weighted by molar-refractivity contribution is -0.139. The van der Waals surface area contributed by atoms with Crippen molar-refractivity contribution in [3.05, 3.63) is 45.5 Å². The Kier molecular flexibility index (Phi) is 4.92. The van der Waals surface area contributed by atoms with E-state index in [0.717, 1.165) is 36.9 Å². The van der Waals surface area contributed by atoms with Crippen molar-refractivity contribution in [3.8, 4) is 0 Å². The molecule has 0 saturated heterocycles. The molecular weight excluding hydrogens is 272 g/mol. The first kappa shape index (κ1) is 15.0. The van der Waals surface area contributed by atoms with Gasteiger partial charge >= 0.3 is 5.97 Å². The van der Waals surface area contributed by atoms with Crippen LogP contribution in [0.1, 0.15) is 40.9 Å². The van der Waals surface area contributed by atoms with Crippen LogP contribution in [-0.2, 0) is 22.4 Å². The minimum Gasteiger partial charge on any atom is -0.469 e. The number of aromatic amines is 1. The number of fused-ring (bicyclic) bond motifs is 1. The molecule has 21 heavy (non-hydrogen) atoms. The Morgan fingerprint density at radius 2 is 2.14 bits per heavy atom. The molecule has 0 aromatic carbocycles. The van der Waals surface area contributed by atoms with Gasteiger partial charge in [0.1, 0.15) is 5.56 Å². The van der Waals surface area contributed by atoms with Crippen molar-refractivity contribution < 1.29 is 14.3 Å². The highest BCUT2D eigenvalue weighted by Gasteiger charge is 2.16. The lowest BCUT2D eigenvalue weighted by atomic mass is 9.95. The van der Waals surface area contributed by atoms with Crippen molar-refractivity contribution >= 4 is 11.9 Å². The van der Waals surface area contributed by atoms with Crippen LogP contribution in [0.3, 0.4) is 0 Å². The summed E-state index contributed by atoms with van der Waals surface area (Å²) in [7, 11) is 1.29. The molecule has 1 aliphatic carbocycles. The molecule has 0 atom stereocenters. The summed E-state index contributed by atoms with van der Waals surface area (Å²) in [5, 5.41) is 2.48. The highest BCUT2D eigenvalue weighted by molar-refractivity contribution is 5.94. The van der Waals surface area contributed by atoms with Gasteiger partial charge in [0, 0.05) is 11.9 Å². The molecular formula is C15H18N2O4. The number of H-pyrrole nitrogens is 1. The van der Waals surface area contributed by atoms with Gasteiger partial charge < -0.3 is 15.0 Å². The molecule has 0 spiro atoms. The van der Waals surface area contributed by atoms with Crippen LogP contribution in [0.2, 0.25) is 0 Å². The maximum atomic E-state index is 12.0. The Labute approximate surface area is 122 Å². The third-order valence-electron chi connectivity index (χ3n) is 3.43. The number of nitrogens with one attached hydrogen (secondary N) is 2. The highest BCUT2D eigenvalue weighted by Crippen LogP contribution is 2.18. The fourth-order valence-corrected chi connectivity index (χ4v) is 2.29. The summed E-state index contributed by atoms with van der Waals surface area (Å²) < 4.78 is 4.47. The monoisotopic (exact) mass is 290 g/mol. The molecule has 1 aliphatic rings. The Morgan fingerprint density at radius 3 is 2.90 bits per heavy atom. The van der Waals surface area contributed by atoms with E-state index >= 15 is 0 Å². The van der Waals surface area contributed by atoms with Crippen LogP contribution in [0.25, 0.3) is 0 Å². The Balaban J connectivity index is 2.06. The molecule has 6 heteroatoms. The van der Waals surface area contributed by atoms with Crippen LogP contribution in [-0.4, -0.2) is 24.0 Å². The second-order valence-electron chi connectivity index (χ2n) is 4.88. The van der Waals surface area contributed by atoms with Crippen LogP contribution < -0.4 is 10.9 Å². The number of hydrogen-bond acceptors (Lipinski definition) is 4. The summed E-state index contributed by atoms with van der Waals surface area (Å²) in [6.07, 6.45) is 6.74. The number of amides is 1. The first-order valence-electron chi connectivity index (χ1n) is 6.89. The fraction of sp³-hybridized carbons (Fsp3) is 0.400. The lowest BCUT2D eigenvalue weighted by Gasteiger charge is -2.15. The molecule has 0 aliphatic heterocycles. The van der Waals surface area contributed by atoms with Crippen molar-refractivity contribution in [2.45, 2.75) is 32.1 Å². The standard InChI is InChI=1S/C15H18N2O4/c1-21-13(18)7-4-8-16-14(19)11-9-10-5-2-3-6-12(10)17-15(11)20/h4,8-9H,2-3,5-7H2,1H3,(H,16,19)(H,17,20)/b8-4+. The molecule has 1 aromatic rings. The zero-order valence-corrected chi connectivity index (χ0v) is 11.9. The molecule has 1 aromatic heterocycles. The number of methoxy groups -OCH3 is 1. The third kappa shape index (κ3) is 3.81. The Hall–Kier alpha value is -2.37. The number of ether oxygens (including phenoxy) is 1. The molecule has 0 bridgehead atoms. The molecule has 2 rings (SSSR count). The van der Waals surface area contributed by atoms with Crippen molar-refractivity contribution in [1.82, 2.24) is 10.3 Å². The molecule has 2 N–H and O–H groups in total. The summed E-state index contributed by atoms with van der Waals surface area (Å²) in [4.78, 5) is 37.6. The number of aromatic nitrogens is 1. The molecule has 0 unspecified atom stereocenters.